The Morgan fingerprint density at radius 1 is 1.22 bits per heavy atom. The van der Waals surface area contributed by atoms with E-state index in [1.54, 1.807) is 24.4 Å². The van der Waals surface area contributed by atoms with E-state index in [0.717, 1.165) is 24.4 Å². The fraction of sp³-hybridized carbons (Fsp3) is 0.263. The topological polar surface area (TPSA) is 120 Å². The van der Waals surface area contributed by atoms with Gasteiger partial charge in [0.2, 0.25) is 5.91 Å². The minimum Gasteiger partial charge on any atom is -0.384 e. The van der Waals surface area contributed by atoms with Crippen LogP contribution in [0.1, 0.15) is 35.7 Å². The minimum atomic E-state index is -0.404. The standard InChI is InChI=1S/C19H22N6OS/c1-2-14(8-5-12-3-6-13(7-4-12)17(21)26)23-19-24-15(11-27-19)18-22-10-9-16(20)25-18/h3-4,6-7,9-11,14H,2,5,8H2,1H3,(H2,21,26)(H,23,24)(H2,20,22,25). The van der Waals surface area contributed by atoms with Gasteiger partial charge in [-0.25, -0.2) is 15.0 Å². The van der Waals surface area contributed by atoms with Crippen LogP contribution in [0.4, 0.5) is 10.9 Å². The molecule has 0 radical (unpaired) electrons. The Hall–Kier alpha value is -3.00. The zero-order valence-electron chi connectivity index (χ0n) is 15.1. The molecule has 5 N–H and O–H groups in total. The Kier molecular flexibility index (Phi) is 5.97. The summed E-state index contributed by atoms with van der Waals surface area (Å²) < 4.78 is 0. The summed E-state index contributed by atoms with van der Waals surface area (Å²) in [5.74, 6) is 0.552. The lowest BCUT2D eigenvalue weighted by Gasteiger charge is -2.16. The van der Waals surface area contributed by atoms with Gasteiger partial charge in [-0.3, -0.25) is 4.79 Å². The van der Waals surface area contributed by atoms with Crippen molar-refractivity contribution in [2.45, 2.75) is 32.2 Å². The van der Waals surface area contributed by atoms with E-state index in [0.29, 0.717) is 28.9 Å². The van der Waals surface area contributed by atoms with Gasteiger partial charge in [0.05, 0.1) is 0 Å². The second-order valence-electron chi connectivity index (χ2n) is 6.19. The van der Waals surface area contributed by atoms with Crippen molar-refractivity contribution >= 4 is 28.2 Å². The predicted octanol–water partition coefficient (Wildman–Crippen LogP) is 3.10. The van der Waals surface area contributed by atoms with Crippen LogP contribution in [-0.4, -0.2) is 26.9 Å². The average Bonchev–Trinajstić information content (AvgIpc) is 3.14. The van der Waals surface area contributed by atoms with Gasteiger partial charge in [-0.05, 0) is 43.0 Å². The third-order valence-electron chi connectivity index (χ3n) is 4.25. The van der Waals surface area contributed by atoms with Gasteiger partial charge in [0.15, 0.2) is 11.0 Å². The van der Waals surface area contributed by atoms with Gasteiger partial charge >= 0.3 is 0 Å². The summed E-state index contributed by atoms with van der Waals surface area (Å²) in [5, 5.41) is 6.24. The van der Waals surface area contributed by atoms with Crippen LogP contribution in [0.2, 0.25) is 0 Å². The first-order valence-electron chi connectivity index (χ1n) is 8.75. The van der Waals surface area contributed by atoms with Crippen LogP contribution in [0.3, 0.4) is 0 Å². The highest BCUT2D eigenvalue weighted by molar-refractivity contribution is 7.14. The first kappa shape index (κ1) is 18.8. The highest BCUT2D eigenvalue weighted by Crippen LogP contribution is 2.24. The molecule has 2 aromatic heterocycles. The molecule has 3 aromatic rings. The Morgan fingerprint density at radius 3 is 2.67 bits per heavy atom. The normalized spacial score (nSPS) is 11.9. The summed E-state index contributed by atoms with van der Waals surface area (Å²) in [6, 6.07) is 9.38. The molecule has 27 heavy (non-hydrogen) atoms. The molecular formula is C19H22N6OS. The lowest BCUT2D eigenvalue weighted by atomic mass is 10.0. The third-order valence-corrected chi connectivity index (χ3v) is 5.02. The Balaban J connectivity index is 1.59. The second-order valence-corrected chi connectivity index (χ2v) is 7.05. The molecule has 2 heterocycles. The van der Waals surface area contributed by atoms with Crippen molar-refractivity contribution in [1.82, 2.24) is 15.0 Å². The van der Waals surface area contributed by atoms with Crippen molar-refractivity contribution in [2.75, 3.05) is 11.1 Å². The number of benzene rings is 1. The molecule has 0 saturated carbocycles. The summed E-state index contributed by atoms with van der Waals surface area (Å²) in [7, 11) is 0. The zero-order valence-corrected chi connectivity index (χ0v) is 15.9. The van der Waals surface area contributed by atoms with Gasteiger partial charge in [-0.2, -0.15) is 0 Å². The van der Waals surface area contributed by atoms with Gasteiger partial charge in [0, 0.05) is 23.2 Å². The molecule has 0 saturated heterocycles. The van der Waals surface area contributed by atoms with Crippen molar-refractivity contribution in [1.29, 1.82) is 0 Å². The minimum absolute atomic E-state index is 0.293. The summed E-state index contributed by atoms with van der Waals surface area (Å²) in [6.07, 6.45) is 4.46. The lowest BCUT2D eigenvalue weighted by molar-refractivity contribution is 0.100. The number of aryl methyl sites for hydroxylation is 1. The third kappa shape index (κ3) is 5.01. The molecule has 0 aliphatic heterocycles. The lowest BCUT2D eigenvalue weighted by Crippen LogP contribution is -2.19. The van der Waals surface area contributed by atoms with Gasteiger partial charge in [-0.1, -0.05) is 19.1 Å². The van der Waals surface area contributed by atoms with Gasteiger partial charge < -0.3 is 16.8 Å². The predicted molar refractivity (Wildman–Crippen MR) is 109 cm³/mol. The highest BCUT2D eigenvalue weighted by atomic mass is 32.1. The molecule has 0 aliphatic rings. The second kappa shape index (κ2) is 8.59. The van der Waals surface area contributed by atoms with E-state index in [9.17, 15) is 4.79 Å². The molecular weight excluding hydrogens is 360 g/mol. The molecule has 1 unspecified atom stereocenters. The van der Waals surface area contributed by atoms with E-state index in [1.807, 2.05) is 17.5 Å². The van der Waals surface area contributed by atoms with Crippen LogP contribution in [0.5, 0.6) is 0 Å². The molecule has 1 aromatic carbocycles. The van der Waals surface area contributed by atoms with Crippen LogP contribution < -0.4 is 16.8 Å². The number of aromatic nitrogens is 3. The number of anilines is 2. The Labute approximate surface area is 161 Å². The molecule has 1 amide bonds. The molecule has 0 spiro atoms. The number of amides is 1. The van der Waals surface area contributed by atoms with E-state index in [-0.39, 0.29) is 0 Å². The summed E-state index contributed by atoms with van der Waals surface area (Å²) >= 11 is 1.53. The van der Waals surface area contributed by atoms with Crippen LogP contribution in [0.25, 0.3) is 11.5 Å². The fourth-order valence-electron chi connectivity index (χ4n) is 2.67. The van der Waals surface area contributed by atoms with Crippen LogP contribution in [-0.2, 0) is 6.42 Å². The number of carbonyl (C=O) groups is 1. The zero-order chi connectivity index (χ0) is 19.2. The number of carbonyl (C=O) groups excluding carboxylic acids is 1. The number of nitrogens with two attached hydrogens (primary N) is 2. The fourth-order valence-corrected chi connectivity index (χ4v) is 3.44. The monoisotopic (exact) mass is 382 g/mol. The van der Waals surface area contributed by atoms with Crippen molar-refractivity contribution in [3.05, 3.63) is 53.0 Å². The van der Waals surface area contributed by atoms with Gasteiger partial charge in [0.1, 0.15) is 11.5 Å². The highest BCUT2D eigenvalue weighted by Gasteiger charge is 2.12. The molecule has 1 atom stereocenters. The smallest absolute Gasteiger partial charge is 0.248 e. The molecule has 140 valence electrons. The molecule has 3 rings (SSSR count). The quantitative estimate of drug-likeness (QED) is 0.550. The number of rotatable bonds is 8. The molecule has 7 nitrogen and oxygen atoms in total. The Bertz CT molecular complexity index is 909. The number of nitrogens with zero attached hydrogens (tertiary/aromatic N) is 3. The first-order chi connectivity index (χ1) is 13.0. The largest absolute Gasteiger partial charge is 0.384 e. The molecule has 8 heteroatoms. The summed E-state index contributed by atoms with van der Waals surface area (Å²) in [4.78, 5) is 24.1. The maximum absolute atomic E-state index is 11.1. The number of hydrogen-bond acceptors (Lipinski definition) is 7. The van der Waals surface area contributed by atoms with E-state index < -0.39 is 5.91 Å². The summed E-state index contributed by atoms with van der Waals surface area (Å²) in [6.45, 7) is 2.14. The number of primary amides is 1. The van der Waals surface area contributed by atoms with E-state index in [1.165, 1.54) is 16.9 Å². The van der Waals surface area contributed by atoms with Crippen molar-refractivity contribution in [3.8, 4) is 11.5 Å². The average molecular weight is 382 g/mol. The van der Waals surface area contributed by atoms with Gasteiger partial charge in [0.25, 0.3) is 0 Å². The van der Waals surface area contributed by atoms with E-state index in [2.05, 4.69) is 27.2 Å². The Morgan fingerprint density at radius 2 is 2.00 bits per heavy atom. The number of nitrogens with one attached hydrogen (secondary N) is 1. The number of thiazole rings is 1. The van der Waals surface area contributed by atoms with Gasteiger partial charge in [-0.15, -0.1) is 11.3 Å². The van der Waals surface area contributed by atoms with Crippen LogP contribution in [0, 0.1) is 0 Å². The van der Waals surface area contributed by atoms with E-state index in [4.69, 9.17) is 11.5 Å². The molecule has 0 aliphatic carbocycles. The number of nitrogen functional groups attached to an aromatic ring is 1. The SMILES string of the molecule is CCC(CCc1ccc(C(N)=O)cc1)Nc1nc(-c2nccc(N)n2)cs1. The molecule has 0 fully saturated rings. The van der Waals surface area contributed by atoms with Crippen molar-refractivity contribution < 1.29 is 4.79 Å². The maximum Gasteiger partial charge on any atom is 0.248 e. The summed E-state index contributed by atoms with van der Waals surface area (Å²) in [5.41, 5.74) is 13.4. The van der Waals surface area contributed by atoms with Crippen molar-refractivity contribution in [3.63, 3.8) is 0 Å². The van der Waals surface area contributed by atoms with Crippen LogP contribution >= 0.6 is 11.3 Å². The van der Waals surface area contributed by atoms with Crippen LogP contribution in [0.15, 0.2) is 41.9 Å². The molecule has 0 bridgehead atoms. The first-order valence-corrected chi connectivity index (χ1v) is 9.63. The maximum atomic E-state index is 11.1. The number of hydrogen-bond donors (Lipinski definition) is 3. The van der Waals surface area contributed by atoms with E-state index >= 15 is 0 Å². The van der Waals surface area contributed by atoms with Crippen molar-refractivity contribution in [2.24, 2.45) is 5.73 Å².